The molecule has 4 N–H and O–H groups in total. The van der Waals surface area contributed by atoms with Crippen molar-refractivity contribution in [1.29, 1.82) is 0 Å². The number of aliphatic hydroxyl groups is 1. The largest absolute Gasteiger partial charge is 0.475 e. The van der Waals surface area contributed by atoms with E-state index in [1.807, 2.05) is 7.05 Å². The van der Waals surface area contributed by atoms with Crippen LogP contribution in [0.5, 0.6) is 5.88 Å². The molecule has 10 nitrogen and oxygen atoms in total. The van der Waals surface area contributed by atoms with Crippen LogP contribution in [0.15, 0.2) is 42.6 Å². The standard InChI is InChI=1S/C30H39ClFN7O3/c1-4-11-39(13-10-33-3)12-8-28(40)36-27-15-22(7-9-34-27)35-26-16-25(23-14-21(31)5-6-24(23)32)37-38-29(26)42-19-20-17-30(2,41)18-20/h5-7,9,14-16,20,33,41H,4,8,10-13,17-19H2,1-3H3,(H2,34,35,36,37,40). The van der Waals surface area contributed by atoms with Gasteiger partial charge in [-0.3, -0.25) is 4.79 Å². The van der Waals surface area contributed by atoms with Gasteiger partial charge in [0.1, 0.15) is 17.3 Å². The molecule has 3 aromatic rings. The minimum atomic E-state index is -0.673. The molecule has 0 saturated heterocycles. The molecule has 1 amide bonds. The minimum Gasteiger partial charge on any atom is -0.475 e. The van der Waals surface area contributed by atoms with Gasteiger partial charge in [-0.1, -0.05) is 18.5 Å². The van der Waals surface area contributed by atoms with Gasteiger partial charge in [0, 0.05) is 54.6 Å². The highest BCUT2D eigenvalue weighted by Crippen LogP contribution is 2.38. The number of halogens is 2. The number of hydrogen-bond acceptors (Lipinski definition) is 9. The molecule has 2 aromatic heterocycles. The SMILES string of the molecule is CCCN(CCNC)CCC(=O)Nc1cc(Nc2cc(-c3cc(Cl)ccc3F)nnc2OCC2CC(C)(O)C2)ccn1. The lowest BCUT2D eigenvalue weighted by atomic mass is 9.73. The van der Waals surface area contributed by atoms with Crippen LogP contribution in [0.2, 0.25) is 5.02 Å². The Morgan fingerprint density at radius 3 is 2.74 bits per heavy atom. The van der Waals surface area contributed by atoms with Crippen molar-refractivity contribution >= 4 is 34.7 Å². The molecule has 0 atom stereocenters. The molecule has 0 unspecified atom stereocenters. The number of benzene rings is 1. The van der Waals surface area contributed by atoms with E-state index in [1.54, 1.807) is 31.3 Å². The summed E-state index contributed by atoms with van der Waals surface area (Å²) in [5.41, 5.74) is 0.869. The summed E-state index contributed by atoms with van der Waals surface area (Å²) in [5.74, 6) is 0.198. The van der Waals surface area contributed by atoms with Gasteiger partial charge in [-0.15, -0.1) is 10.2 Å². The maximum absolute atomic E-state index is 14.6. The van der Waals surface area contributed by atoms with Crippen molar-refractivity contribution in [3.63, 3.8) is 0 Å². The topological polar surface area (TPSA) is 125 Å². The Bertz CT molecular complexity index is 1350. The van der Waals surface area contributed by atoms with Gasteiger partial charge in [0.2, 0.25) is 5.91 Å². The fraction of sp³-hybridized carbons (Fsp3) is 0.467. The molecule has 1 saturated carbocycles. The Kier molecular flexibility index (Phi) is 11.0. The van der Waals surface area contributed by atoms with E-state index in [-0.39, 0.29) is 29.0 Å². The Balaban J connectivity index is 1.48. The second kappa shape index (κ2) is 14.7. The van der Waals surface area contributed by atoms with Gasteiger partial charge in [-0.05, 0) is 76.0 Å². The first-order valence-electron chi connectivity index (χ1n) is 14.2. The Labute approximate surface area is 251 Å². The highest BCUT2D eigenvalue weighted by atomic mass is 35.5. The quantitative estimate of drug-likeness (QED) is 0.193. The van der Waals surface area contributed by atoms with Crippen molar-refractivity contribution in [2.75, 3.05) is 50.5 Å². The van der Waals surface area contributed by atoms with E-state index in [0.29, 0.717) is 54.6 Å². The Hall–Kier alpha value is -3.38. The number of nitrogens with one attached hydrogen (secondary N) is 3. The average Bonchev–Trinajstić information content (AvgIpc) is 2.94. The highest BCUT2D eigenvalue weighted by molar-refractivity contribution is 6.30. The van der Waals surface area contributed by atoms with Crippen molar-refractivity contribution in [3.8, 4) is 17.1 Å². The molecule has 0 spiro atoms. The minimum absolute atomic E-state index is 0.130. The number of carbonyl (C=O) groups excluding carboxylic acids is 1. The van der Waals surface area contributed by atoms with Crippen LogP contribution >= 0.6 is 11.6 Å². The Morgan fingerprint density at radius 1 is 1.19 bits per heavy atom. The second-order valence-electron chi connectivity index (χ2n) is 11.0. The molecule has 1 aromatic carbocycles. The van der Waals surface area contributed by atoms with Gasteiger partial charge in [0.25, 0.3) is 5.88 Å². The first-order valence-corrected chi connectivity index (χ1v) is 14.6. The number of aromatic nitrogens is 3. The van der Waals surface area contributed by atoms with Crippen LogP contribution in [0, 0.1) is 11.7 Å². The lowest BCUT2D eigenvalue weighted by Gasteiger charge is -2.40. The maximum Gasteiger partial charge on any atom is 0.257 e. The molecule has 2 heterocycles. The average molecular weight is 600 g/mol. The van der Waals surface area contributed by atoms with E-state index in [9.17, 15) is 14.3 Å². The van der Waals surface area contributed by atoms with Gasteiger partial charge in [0.15, 0.2) is 0 Å². The van der Waals surface area contributed by atoms with Crippen LogP contribution < -0.4 is 20.7 Å². The van der Waals surface area contributed by atoms with Crippen LogP contribution in [0.3, 0.4) is 0 Å². The second-order valence-corrected chi connectivity index (χ2v) is 11.4. The predicted molar refractivity (Wildman–Crippen MR) is 163 cm³/mol. The number of ether oxygens (including phenoxy) is 1. The van der Waals surface area contributed by atoms with Crippen molar-refractivity contribution in [1.82, 2.24) is 25.4 Å². The summed E-state index contributed by atoms with van der Waals surface area (Å²) in [6.45, 7) is 7.59. The van der Waals surface area contributed by atoms with Crippen molar-refractivity contribution in [3.05, 3.63) is 53.4 Å². The lowest BCUT2D eigenvalue weighted by Crippen LogP contribution is -2.43. The number of carbonyl (C=O) groups is 1. The number of nitrogens with zero attached hydrogens (tertiary/aromatic N) is 4. The number of pyridine rings is 1. The number of likely N-dealkylation sites (N-methyl/N-ethyl adjacent to an activating group) is 1. The van der Waals surface area contributed by atoms with Crippen LogP contribution in [0.4, 0.5) is 21.6 Å². The number of anilines is 3. The third-order valence-electron chi connectivity index (χ3n) is 7.06. The van der Waals surface area contributed by atoms with Crippen LogP contribution in [0.25, 0.3) is 11.3 Å². The van der Waals surface area contributed by atoms with E-state index in [4.69, 9.17) is 16.3 Å². The summed E-state index contributed by atoms with van der Waals surface area (Å²) in [6.07, 6.45) is 4.21. The van der Waals surface area contributed by atoms with Gasteiger partial charge < -0.3 is 30.7 Å². The molecule has 1 fully saturated rings. The van der Waals surface area contributed by atoms with Gasteiger partial charge >= 0.3 is 0 Å². The highest BCUT2D eigenvalue weighted by Gasteiger charge is 2.38. The molecule has 4 rings (SSSR count). The maximum atomic E-state index is 14.6. The molecule has 0 aliphatic heterocycles. The van der Waals surface area contributed by atoms with Crippen LogP contribution in [-0.2, 0) is 4.79 Å². The molecule has 1 aliphatic carbocycles. The zero-order valence-corrected chi connectivity index (χ0v) is 25.0. The summed E-state index contributed by atoms with van der Waals surface area (Å²) in [7, 11) is 1.91. The first kappa shape index (κ1) is 31.6. The smallest absolute Gasteiger partial charge is 0.257 e. The van der Waals surface area contributed by atoms with Crippen molar-refractivity contribution < 1.29 is 19.0 Å². The molecule has 0 radical (unpaired) electrons. The van der Waals surface area contributed by atoms with E-state index in [1.165, 1.54) is 18.2 Å². The molecule has 1 aliphatic rings. The number of rotatable bonds is 15. The zero-order chi connectivity index (χ0) is 30.1. The van der Waals surface area contributed by atoms with Gasteiger partial charge in [-0.2, -0.15) is 0 Å². The van der Waals surface area contributed by atoms with E-state index >= 15 is 0 Å². The van der Waals surface area contributed by atoms with Crippen molar-refractivity contribution in [2.45, 2.75) is 45.1 Å². The third-order valence-corrected chi connectivity index (χ3v) is 7.29. The van der Waals surface area contributed by atoms with Crippen LogP contribution in [0.1, 0.15) is 39.5 Å². The molecule has 226 valence electrons. The third kappa shape index (κ3) is 9.06. The van der Waals surface area contributed by atoms with Gasteiger partial charge in [-0.25, -0.2) is 9.37 Å². The lowest BCUT2D eigenvalue weighted by molar-refractivity contribution is -0.116. The monoisotopic (exact) mass is 599 g/mol. The molecule has 42 heavy (non-hydrogen) atoms. The van der Waals surface area contributed by atoms with E-state index in [2.05, 4.69) is 43.0 Å². The predicted octanol–water partition coefficient (Wildman–Crippen LogP) is 4.87. The summed E-state index contributed by atoms with van der Waals surface area (Å²) < 4.78 is 20.6. The van der Waals surface area contributed by atoms with Gasteiger partial charge in [0.05, 0.1) is 17.9 Å². The summed E-state index contributed by atoms with van der Waals surface area (Å²) in [4.78, 5) is 19.2. The summed E-state index contributed by atoms with van der Waals surface area (Å²) in [5, 5.41) is 28.1. The summed E-state index contributed by atoms with van der Waals surface area (Å²) >= 11 is 6.11. The van der Waals surface area contributed by atoms with E-state index in [0.717, 1.165) is 26.1 Å². The Morgan fingerprint density at radius 2 is 2.00 bits per heavy atom. The molecular formula is C30H39ClFN7O3. The summed E-state index contributed by atoms with van der Waals surface area (Å²) in [6, 6.07) is 9.31. The fourth-order valence-corrected chi connectivity index (χ4v) is 5.19. The number of amides is 1. The normalized spacial score (nSPS) is 18.0. The fourth-order valence-electron chi connectivity index (χ4n) is 5.02. The number of hydrogen-bond donors (Lipinski definition) is 4. The molecule has 12 heteroatoms. The molecule has 0 bridgehead atoms. The zero-order valence-electron chi connectivity index (χ0n) is 24.3. The van der Waals surface area contributed by atoms with Crippen LogP contribution in [-0.4, -0.2) is 76.5 Å². The molecular weight excluding hydrogens is 561 g/mol. The van der Waals surface area contributed by atoms with Crippen molar-refractivity contribution in [2.24, 2.45) is 5.92 Å². The first-order chi connectivity index (χ1) is 20.2. The van der Waals surface area contributed by atoms with E-state index < -0.39 is 11.4 Å².